The molecule has 2 N–H and O–H groups in total. The first-order chi connectivity index (χ1) is 7.13. The molecule has 1 aromatic carbocycles. The van der Waals surface area contributed by atoms with Gasteiger partial charge in [-0.25, -0.2) is 10.2 Å². The van der Waals surface area contributed by atoms with Gasteiger partial charge in [0.2, 0.25) is 0 Å². The SMILES string of the molecule is COC(=O)NNC(=O)c1ccc(Cl)cc1. The van der Waals surface area contributed by atoms with E-state index in [9.17, 15) is 9.59 Å². The number of nitrogens with one attached hydrogen (secondary N) is 2. The predicted octanol–water partition coefficient (Wildman–Crippen LogP) is 1.34. The van der Waals surface area contributed by atoms with Gasteiger partial charge in [-0.15, -0.1) is 0 Å². The molecule has 5 nitrogen and oxygen atoms in total. The second kappa shape index (κ2) is 5.21. The van der Waals surface area contributed by atoms with Gasteiger partial charge >= 0.3 is 6.09 Å². The highest BCUT2D eigenvalue weighted by molar-refractivity contribution is 6.30. The molecule has 0 saturated heterocycles. The fourth-order valence-electron chi connectivity index (χ4n) is 0.832. The summed E-state index contributed by atoms with van der Waals surface area (Å²) in [7, 11) is 1.20. The average Bonchev–Trinajstić information content (AvgIpc) is 2.26. The van der Waals surface area contributed by atoms with Crippen LogP contribution >= 0.6 is 11.6 Å². The lowest BCUT2D eigenvalue weighted by Gasteiger charge is -2.05. The molecule has 0 radical (unpaired) electrons. The third kappa shape index (κ3) is 3.47. The number of methoxy groups -OCH3 is 1. The Morgan fingerprint density at radius 1 is 1.20 bits per heavy atom. The summed E-state index contributed by atoms with van der Waals surface area (Å²) in [5.41, 5.74) is 4.60. The first-order valence-electron chi connectivity index (χ1n) is 4.03. The molecule has 0 atom stereocenters. The number of halogens is 1. The van der Waals surface area contributed by atoms with Gasteiger partial charge in [-0.1, -0.05) is 11.6 Å². The van der Waals surface area contributed by atoms with Crippen LogP contribution < -0.4 is 10.9 Å². The second-order valence-corrected chi connectivity index (χ2v) is 3.01. The molecule has 0 spiro atoms. The van der Waals surface area contributed by atoms with Crippen molar-refractivity contribution in [2.24, 2.45) is 0 Å². The predicted molar refractivity (Wildman–Crippen MR) is 54.5 cm³/mol. The number of hydrogen-bond donors (Lipinski definition) is 2. The molecule has 0 aliphatic rings. The van der Waals surface area contributed by atoms with Crippen molar-refractivity contribution in [2.75, 3.05) is 7.11 Å². The molecule has 0 saturated carbocycles. The maximum absolute atomic E-state index is 11.4. The molecule has 1 aromatic rings. The molecule has 1 rings (SSSR count). The first kappa shape index (κ1) is 11.3. The molecule has 2 amide bonds. The number of ether oxygens (including phenoxy) is 1. The normalized spacial score (nSPS) is 9.20. The smallest absolute Gasteiger partial charge is 0.425 e. The van der Waals surface area contributed by atoms with Crippen LogP contribution in [0.15, 0.2) is 24.3 Å². The molecular formula is C9H9ClN2O3. The number of carbonyl (C=O) groups is 2. The van der Waals surface area contributed by atoms with Crippen LogP contribution in [0, 0.1) is 0 Å². The van der Waals surface area contributed by atoms with Crippen molar-refractivity contribution in [1.82, 2.24) is 10.9 Å². The largest absolute Gasteiger partial charge is 0.452 e. The van der Waals surface area contributed by atoms with Gasteiger partial charge in [0.1, 0.15) is 0 Å². The Bertz CT molecular complexity index is 364. The minimum atomic E-state index is -0.739. The van der Waals surface area contributed by atoms with Crippen molar-refractivity contribution < 1.29 is 14.3 Å². The van der Waals surface area contributed by atoms with Gasteiger partial charge < -0.3 is 4.74 Å². The van der Waals surface area contributed by atoms with E-state index in [0.717, 1.165) is 0 Å². The Morgan fingerprint density at radius 3 is 2.33 bits per heavy atom. The maximum atomic E-state index is 11.4. The Hall–Kier alpha value is -1.75. The van der Waals surface area contributed by atoms with E-state index in [-0.39, 0.29) is 0 Å². The van der Waals surface area contributed by atoms with Crippen LogP contribution in [0.4, 0.5) is 4.79 Å². The summed E-state index contributed by atoms with van der Waals surface area (Å²) in [6, 6.07) is 6.23. The Labute approximate surface area is 91.3 Å². The van der Waals surface area contributed by atoms with Crippen LogP contribution in [0.5, 0.6) is 0 Å². The minimum Gasteiger partial charge on any atom is -0.452 e. The van der Waals surface area contributed by atoms with E-state index in [2.05, 4.69) is 15.6 Å². The zero-order chi connectivity index (χ0) is 11.3. The number of hydrogen-bond acceptors (Lipinski definition) is 3. The fourth-order valence-corrected chi connectivity index (χ4v) is 0.958. The van der Waals surface area contributed by atoms with E-state index >= 15 is 0 Å². The number of carbonyl (C=O) groups excluding carboxylic acids is 2. The number of rotatable bonds is 1. The molecule has 0 unspecified atom stereocenters. The monoisotopic (exact) mass is 228 g/mol. The highest BCUT2D eigenvalue weighted by Crippen LogP contribution is 2.08. The fraction of sp³-hybridized carbons (Fsp3) is 0.111. The van der Waals surface area contributed by atoms with E-state index in [0.29, 0.717) is 10.6 Å². The summed E-state index contributed by atoms with van der Waals surface area (Å²) in [4.78, 5) is 22.0. The van der Waals surface area contributed by atoms with Gasteiger partial charge in [0, 0.05) is 10.6 Å². The summed E-state index contributed by atoms with van der Waals surface area (Å²) in [6.45, 7) is 0. The van der Waals surface area contributed by atoms with Gasteiger partial charge in [0.25, 0.3) is 5.91 Å². The standard InChI is InChI=1S/C9H9ClN2O3/c1-15-9(14)12-11-8(13)6-2-4-7(10)5-3-6/h2-5H,1H3,(H,11,13)(H,12,14). The van der Waals surface area contributed by atoms with Crippen molar-refractivity contribution >= 4 is 23.6 Å². The van der Waals surface area contributed by atoms with Gasteiger partial charge in [-0.3, -0.25) is 10.2 Å². The molecule has 6 heteroatoms. The van der Waals surface area contributed by atoms with Crippen molar-refractivity contribution in [3.8, 4) is 0 Å². The third-order valence-corrected chi connectivity index (χ3v) is 1.82. The van der Waals surface area contributed by atoms with Crippen LogP contribution in [0.2, 0.25) is 5.02 Å². The summed E-state index contributed by atoms with van der Waals surface area (Å²) in [5.74, 6) is -0.447. The molecule has 0 fully saturated rings. The molecule has 0 aliphatic carbocycles. The lowest BCUT2D eigenvalue weighted by Crippen LogP contribution is -2.41. The lowest BCUT2D eigenvalue weighted by atomic mass is 10.2. The summed E-state index contributed by atoms with van der Waals surface area (Å²) in [6.07, 6.45) is -0.739. The van der Waals surface area contributed by atoms with Gasteiger partial charge in [-0.05, 0) is 24.3 Å². The van der Waals surface area contributed by atoms with Crippen molar-refractivity contribution in [3.05, 3.63) is 34.9 Å². The zero-order valence-corrected chi connectivity index (χ0v) is 8.67. The van der Waals surface area contributed by atoms with Crippen LogP contribution in [-0.2, 0) is 4.74 Å². The Balaban J connectivity index is 2.54. The average molecular weight is 229 g/mol. The van der Waals surface area contributed by atoms with Crippen molar-refractivity contribution in [1.29, 1.82) is 0 Å². The van der Waals surface area contributed by atoms with Gasteiger partial charge in [0.05, 0.1) is 7.11 Å². The zero-order valence-electron chi connectivity index (χ0n) is 7.91. The minimum absolute atomic E-state index is 0.385. The molecule has 0 heterocycles. The van der Waals surface area contributed by atoms with Crippen LogP contribution in [0.25, 0.3) is 0 Å². The van der Waals surface area contributed by atoms with Gasteiger partial charge in [-0.2, -0.15) is 0 Å². The quantitative estimate of drug-likeness (QED) is 0.713. The molecule has 0 bridgehead atoms. The van der Waals surface area contributed by atoms with Crippen molar-refractivity contribution in [2.45, 2.75) is 0 Å². The number of benzene rings is 1. The molecule has 80 valence electrons. The lowest BCUT2D eigenvalue weighted by molar-refractivity contribution is 0.0920. The molecule has 15 heavy (non-hydrogen) atoms. The number of amides is 2. The van der Waals surface area contributed by atoms with Crippen LogP contribution in [-0.4, -0.2) is 19.1 Å². The van der Waals surface area contributed by atoms with Gasteiger partial charge in [0.15, 0.2) is 0 Å². The first-order valence-corrected chi connectivity index (χ1v) is 4.41. The molecule has 0 aliphatic heterocycles. The summed E-state index contributed by atoms with van der Waals surface area (Å²) < 4.78 is 4.27. The molecular weight excluding hydrogens is 220 g/mol. The Morgan fingerprint density at radius 2 is 1.80 bits per heavy atom. The van der Waals surface area contributed by atoms with E-state index in [1.165, 1.54) is 19.2 Å². The Kier molecular flexibility index (Phi) is 3.93. The maximum Gasteiger partial charge on any atom is 0.425 e. The number of hydrazine groups is 1. The third-order valence-electron chi connectivity index (χ3n) is 1.57. The van der Waals surface area contributed by atoms with Crippen molar-refractivity contribution in [3.63, 3.8) is 0 Å². The summed E-state index contributed by atoms with van der Waals surface area (Å²) >= 11 is 5.64. The highest BCUT2D eigenvalue weighted by Gasteiger charge is 2.06. The van der Waals surface area contributed by atoms with Crippen LogP contribution in [0.3, 0.4) is 0 Å². The highest BCUT2D eigenvalue weighted by atomic mass is 35.5. The topological polar surface area (TPSA) is 67.4 Å². The second-order valence-electron chi connectivity index (χ2n) is 2.58. The summed E-state index contributed by atoms with van der Waals surface area (Å²) in [5, 5.41) is 0.535. The van der Waals surface area contributed by atoms with E-state index in [1.54, 1.807) is 12.1 Å². The van der Waals surface area contributed by atoms with E-state index in [4.69, 9.17) is 11.6 Å². The van der Waals surface area contributed by atoms with Crippen LogP contribution in [0.1, 0.15) is 10.4 Å². The van der Waals surface area contributed by atoms with E-state index < -0.39 is 12.0 Å². The molecule has 0 aromatic heterocycles. The van der Waals surface area contributed by atoms with E-state index in [1.807, 2.05) is 0 Å².